The lowest BCUT2D eigenvalue weighted by Gasteiger charge is -2.09. The number of imidazole rings is 1. The van der Waals surface area contributed by atoms with E-state index >= 15 is 0 Å². The molecule has 1 aliphatic rings. The molecular weight excluding hydrogens is 286 g/mol. The van der Waals surface area contributed by atoms with Crippen molar-refractivity contribution in [3.8, 4) is 11.3 Å². The van der Waals surface area contributed by atoms with Crippen LogP contribution >= 0.6 is 11.3 Å². The molecule has 0 amide bonds. The molecule has 106 valence electrons. The summed E-state index contributed by atoms with van der Waals surface area (Å²) < 4.78 is 2.16. The van der Waals surface area contributed by atoms with Crippen molar-refractivity contribution in [1.82, 2.24) is 9.38 Å². The molecule has 1 aromatic carbocycles. The maximum Gasteiger partial charge on any atom is 0.270 e. The van der Waals surface area contributed by atoms with Crippen molar-refractivity contribution in [2.45, 2.75) is 25.7 Å². The third-order valence-corrected chi connectivity index (χ3v) is 5.08. The minimum absolute atomic E-state index is 0.103. The van der Waals surface area contributed by atoms with Crippen molar-refractivity contribution < 1.29 is 4.92 Å². The molecule has 0 spiro atoms. The minimum Gasteiger partial charge on any atom is -0.294 e. The van der Waals surface area contributed by atoms with E-state index in [2.05, 4.69) is 9.38 Å². The Labute approximate surface area is 125 Å². The summed E-state index contributed by atoms with van der Waals surface area (Å²) in [6.07, 6.45) is 6.74. The molecule has 5 nitrogen and oxygen atoms in total. The number of aryl methyl sites for hydroxylation is 2. The van der Waals surface area contributed by atoms with Crippen LogP contribution in [0.2, 0.25) is 0 Å². The monoisotopic (exact) mass is 299 g/mol. The van der Waals surface area contributed by atoms with Gasteiger partial charge in [0.25, 0.3) is 5.69 Å². The van der Waals surface area contributed by atoms with Crippen LogP contribution in [0.25, 0.3) is 16.2 Å². The molecule has 0 radical (unpaired) electrons. The van der Waals surface area contributed by atoms with Crippen LogP contribution in [0, 0.1) is 10.1 Å². The van der Waals surface area contributed by atoms with Gasteiger partial charge in [-0.15, -0.1) is 11.3 Å². The van der Waals surface area contributed by atoms with E-state index in [1.807, 2.05) is 12.3 Å². The Bertz CT molecular complexity index is 850. The summed E-state index contributed by atoms with van der Waals surface area (Å²) in [5.41, 5.74) is 3.07. The van der Waals surface area contributed by atoms with Crippen LogP contribution < -0.4 is 0 Å². The van der Waals surface area contributed by atoms with Gasteiger partial charge >= 0.3 is 0 Å². The van der Waals surface area contributed by atoms with Gasteiger partial charge in [-0.25, -0.2) is 4.98 Å². The molecule has 0 aliphatic heterocycles. The lowest BCUT2D eigenvalue weighted by Crippen LogP contribution is -2.01. The zero-order valence-corrected chi connectivity index (χ0v) is 12.1. The van der Waals surface area contributed by atoms with Crippen molar-refractivity contribution in [2.24, 2.45) is 0 Å². The van der Waals surface area contributed by atoms with Crippen LogP contribution in [0.4, 0.5) is 5.69 Å². The van der Waals surface area contributed by atoms with E-state index in [4.69, 9.17) is 0 Å². The molecule has 6 heteroatoms. The van der Waals surface area contributed by atoms with Gasteiger partial charge in [0.1, 0.15) is 0 Å². The van der Waals surface area contributed by atoms with Crippen LogP contribution in [0.3, 0.4) is 0 Å². The van der Waals surface area contributed by atoms with Crippen LogP contribution in [0.5, 0.6) is 0 Å². The van der Waals surface area contributed by atoms with Gasteiger partial charge < -0.3 is 0 Å². The van der Waals surface area contributed by atoms with E-state index in [-0.39, 0.29) is 10.6 Å². The van der Waals surface area contributed by atoms with Crippen molar-refractivity contribution in [2.75, 3.05) is 0 Å². The first-order valence-corrected chi connectivity index (χ1v) is 7.78. The molecule has 0 bridgehead atoms. The molecule has 0 unspecified atom stereocenters. The smallest absolute Gasteiger partial charge is 0.270 e. The standard InChI is InChI=1S/C15H13N3O2S/c19-18(20)11-5-3-4-10(8-11)12-9-17-13-6-1-2-7-14(13)21-15(17)16-12/h3-5,8-9H,1-2,6-7H2. The number of nitro groups is 1. The Hall–Kier alpha value is -2.21. The van der Waals surface area contributed by atoms with Crippen LogP contribution in [0.1, 0.15) is 23.4 Å². The highest BCUT2D eigenvalue weighted by Crippen LogP contribution is 2.32. The molecule has 0 saturated carbocycles. The van der Waals surface area contributed by atoms with Gasteiger partial charge in [-0.3, -0.25) is 14.5 Å². The third-order valence-electron chi connectivity index (χ3n) is 3.92. The van der Waals surface area contributed by atoms with Gasteiger partial charge in [-0.05, 0) is 25.7 Å². The molecule has 4 rings (SSSR count). The van der Waals surface area contributed by atoms with Crippen molar-refractivity contribution >= 4 is 22.0 Å². The van der Waals surface area contributed by atoms with Crippen molar-refractivity contribution in [3.05, 3.63) is 51.1 Å². The third kappa shape index (κ3) is 2.03. The second kappa shape index (κ2) is 4.66. The molecule has 0 saturated heterocycles. The first-order valence-electron chi connectivity index (χ1n) is 6.97. The Morgan fingerprint density at radius 1 is 1.29 bits per heavy atom. The Balaban J connectivity index is 1.82. The number of nitro benzene ring substituents is 1. The molecule has 0 fully saturated rings. The van der Waals surface area contributed by atoms with Crippen molar-refractivity contribution in [3.63, 3.8) is 0 Å². The fraction of sp³-hybridized carbons (Fsp3) is 0.267. The highest BCUT2D eigenvalue weighted by molar-refractivity contribution is 7.17. The largest absolute Gasteiger partial charge is 0.294 e. The molecule has 0 atom stereocenters. The van der Waals surface area contributed by atoms with Gasteiger partial charge in [-0.2, -0.15) is 0 Å². The molecule has 2 heterocycles. The maximum absolute atomic E-state index is 10.9. The fourth-order valence-corrected chi connectivity index (χ4v) is 4.07. The second-order valence-corrected chi connectivity index (χ2v) is 6.33. The average Bonchev–Trinajstić information content (AvgIpc) is 3.05. The van der Waals surface area contributed by atoms with E-state index in [0.29, 0.717) is 0 Å². The first-order chi connectivity index (χ1) is 10.2. The van der Waals surface area contributed by atoms with Gasteiger partial charge in [0.15, 0.2) is 4.96 Å². The van der Waals surface area contributed by atoms with Crippen molar-refractivity contribution in [1.29, 1.82) is 0 Å². The number of hydrogen-bond acceptors (Lipinski definition) is 4. The fourth-order valence-electron chi connectivity index (χ4n) is 2.88. The van der Waals surface area contributed by atoms with E-state index < -0.39 is 0 Å². The Kier molecular flexibility index (Phi) is 2.78. The first kappa shape index (κ1) is 12.5. The van der Waals surface area contributed by atoms with Gasteiger partial charge in [0, 0.05) is 34.5 Å². The van der Waals surface area contributed by atoms with Gasteiger partial charge in [-0.1, -0.05) is 12.1 Å². The van der Waals surface area contributed by atoms with Crippen LogP contribution in [0.15, 0.2) is 30.5 Å². The maximum atomic E-state index is 10.9. The number of aromatic nitrogens is 2. The Morgan fingerprint density at radius 3 is 3.00 bits per heavy atom. The lowest BCUT2D eigenvalue weighted by atomic mass is 10.0. The number of benzene rings is 1. The number of fused-ring (bicyclic) bond motifs is 3. The molecular formula is C15H13N3O2S. The Morgan fingerprint density at radius 2 is 2.14 bits per heavy atom. The number of non-ortho nitro benzene ring substituents is 1. The molecule has 21 heavy (non-hydrogen) atoms. The molecule has 0 N–H and O–H groups in total. The van der Waals surface area contributed by atoms with Crippen LogP contribution in [-0.4, -0.2) is 14.3 Å². The summed E-state index contributed by atoms with van der Waals surface area (Å²) in [6.45, 7) is 0. The zero-order valence-electron chi connectivity index (χ0n) is 11.3. The van der Waals surface area contributed by atoms with E-state index in [1.54, 1.807) is 23.5 Å². The predicted molar refractivity (Wildman–Crippen MR) is 81.8 cm³/mol. The second-order valence-electron chi connectivity index (χ2n) is 5.27. The normalized spacial score (nSPS) is 14.3. The van der Waals surface area contributed by atoms with E-state index in [0.717, 1.165) is 29.1 Å². The zero-order chi connectivity index (χ0) is 14.4. The average molecular weight is 299 g/mol. The topological polar surface area (TPSA) is 60.4 Å². The highest BCUT2D eigenvalue weighted by atomic mass is 32.1. The number of nitrogens with zero attached hydrogens (tertiary/aromatic N) is 3. The van der Waals surface area contributed by atoms with E-state index in [9.17, 15) is 10.1 Å². The number of hydrogen-bond donors (Lipinski definition) is 0. The predicted octanol–water partition coefficient (Wildman–Crippen LogP) is 3.85. The number of rotatable bonds is 2. The van der Waals surface area contributed by atoms with Gasteiger partial charge in [0.05, 0.1) is 10.6 Å². The van der Waals surface area contributed by atoms with E-state index in [1.165, 1.54) is 29.5 Å². The minimum atomic E-state index is -0.371. The highest BCUT2D eigenvalue weighted by Gasteiger charge is 2.18. The molecule has 1 aliphatic carbocycles. The summed E-state index contributed by atoms with van der Waals surface area (Å²) in [5, 5.41) is 10.9. The summed E-state index contributed by atoms with van der Waals surface area (Å²) in [7, 11) is 0. The summed E-state index contributed by atoms with van der Waals surface area (Å²) in [4.78, 5) is 17.6. The number of thiazole rings is 1. The summed E-state index contributed by atoms with van der Waals surface area (Å²) in [6, 6.07) is 6.66. The quantitative estimate of drug-likeness (QED) is 0.533. The molecule has 3 aromatic rings. The summed E-state index contributed by atoms with van der Waals surface area (Å²) >= 11 is 1.74. The molecule has 2 aromatic heterocycles. The lowest BCUT2D eigenvalue weighted by molar-refractivity contribution is -0.384. The summed E-state index contributed by atoms with van der Waals surface area (Å²) in [5.74, 6) is 0. The van der Waals surface area contributed by atoms with Gasteiger partial charge in [0.2, 0.25) is 0 Å². The SMILES string of the molecule is O=[N+]([O-])c1cccc(-c2cn3c4c(sc3n2)CCCC4)c1. The van der Waals surface area contributed by atoms with Crippen LogP contribution in [-0.2, 0) is 12.8 Å².